The molecule has 0 unspecified atom stereocenters. The number of nitrogens with zero attached hydrogens (tertiary/aromatic N) is 1. The maximum absolute atomic E-state index is 12.7. The van der Waals surface area contributed by atoms with Crippen molar-refractivity contribution in [1.82, 2.24) is 0 Å². The van der Waals surface area contributed by atoms with Gasteiger partial charge in [-0.05, 0) is 38.0 Å². The summed E-state index contributed by atoms with van der Waals surface area (Å²) in [6.07, 6.45) is 0.357. The lowest BCUT2D eigenvalue weighted by Crippen LogP contribution is -2.54. The van der Waals surface area contributed by atoms with Crippen molar-refractivity contribution in [2.75, 3.05) is 18.1 Å². The first-order chi connectivity index (χ1) is 11.7. The molecule has 2 rings (SSSR count). The van der Waals surface area contributed by atoms with E-state index in [4.69, 9.17) is 9.47 Å². The maximum Gasteiger partial charge on any atom is 0.326 e. The third-order valence-corrected chi connectivity index (χ3v) is 3.88. The van der Waals surface area contributed by atoms with Gasteiger partial charge in [0.2, 0.25) is 0 Å². The summed E-state index contributed by atoms with van der Waals surface area (Å²) in [4.78, 5) is 38.2. The molecule has 0 saturated heterocycles. The molecule has 1 aliphatic rings. The van der Waals surface area contributed by atoms with Crippen LogP contribution in [0.4, 0.5) is 5.69 Å². The van der Waals surface area contributed by atoms with E-state index in [2.05, 4.69) is 0 Å². The van der Waals surface area contributed by atoms with Gasteiger partial charge in [0.15, 0.2) is 11.4 Å². The van der Waals surface area contributed by atoms with Crippen LogP contribution in [0.25, 0.3) is 0 Å². The van der Waals surface area contributed by atoms with Gasteiger partial charge in [0.05, 0.1) is 12.3 Å². The summed E-state index contributed by atoms with van der Waals surface area (Å²) < 4.78 is 11.0. The summed E-state index contributed by atoms with van der Waals surface area (Å²) in [5.41, 5.74) is -0.190. The minimum Gasteiger partial charge on any atom is -0.476 e. The summed E-state index contributed by atoms with van der Waals surface area (Å²) in [6, 6.07) is 4.94. The summed E-state index contributed by atoms with van der Waals surface area (Å²) in [5.74, 6) is -0.196. The van der Waals surface area contributed by atoms with Gasteiger partial charge in [0, 0.05) is 12.0 Å². The van der Waals surface area contributed by atoms with Crippen molar-refractivity contribution >= 4 is 23.3 Å². The molecular weight excluding hydrogens is 322 g/mol. The van der Waals surface area contributed by atoms with Gasteiger partial charge in [-0.1, -0.05) is 20.8 Å². The zero-order chi connectivity index (χ0) is 18.8. The Morgan fingerprint density at radius 1 is 1.28 bits per heavy atom. The standard InChI is InChI=1S/C19H25NO5/c1-6-15(21)13-7-8-16-14(9-13)20(18(23)19(4,5)25-16)10-17(22)24-11-12(2)3/h7-9,12H,6,10-11H2,1-5H3. The Morgan fingerprint density at radius 3 is 2.56 bits per heavy atom. The van der Waals surface area contributed by atoms with E-state index in [0.29, 0.717) is 30.0 Å². The number of hydrogen-bond donors (Lipinski definition) is 0. The van der Waals surface area contributed by atoms with Crippen LogP contribution in [0.15, 0.2) is 18.2 Å². The Hall–Kier alpha value is -2.37. The first-order valence-electron chi connectivity index (χ1n) is 8.49. The van der Waals surface area contributed by atoms with E-state index < -0.39 is 11.6 Å². The Morgan fingerprint density at radius 2 is 1.96 bits per heavy atom. The van der Waals surface area contributed by atoms with Gasteiger partial charge in [-0.2, -0.15) is 0 Å². The van der Waals surface area contributed by atoms with E-state index in [1.165, 1.54) is 4.90 Å². The quantitative estimate of drug-likeness (QED) is 0.584. The highest BCUT2D eigenvalue weighted by molar-refractivity contribution is 6.06. The molecule has 0 spiro atoms. The fraction of sp³-hybridized carbons (Fsp3) is 0.526. The first-order valence-corrected chi connectivity index (χ1v) is 8.49. The molecule has 1 aromatic carbocycles. The van der Waals surface area contributed by atoms with Crippen LogP contribution in [0.5, 0.6) is 5.75 Å². The van der Waals surface area contributed by atoms with Crippen molar-refractivity contribution in [3.63, 3.8) is 0 Å². The number of Topliss-reactive ketones (excluding diaryl/α,β-unsaturated/α-hetero) is 1. The van der Waals surface area contributed by atoms with Crippen LogP contribution in [0.2, 0.25) is 0 Å². The van der Waals surface area contributed by atoms with Crippen molar-refractivity contribution in [1.29, 1.82) is 0 Å². The second-order valence-corrected chi connectivity index (χ2v) is 7.04. The third kappa shape index (κ3) is 4.18. The molecule has 25 heavy (non-hydrogen) atoms. The molecule has 0 aliphatic carbocycles. The number of ether oxygens (including phenoxy) is 2. The smallest absolute Gasteiger partial charge is 0.326 e. The lowest BCUT2D eigenvalue weighted by molar-refractivity contribution is -0.145. The molecule has 0 radical (unpaired) electrons. The molecule has 1 amide bonds. The number of amides is 1. The second kappa shape index (κ2) is 7.25. The average molecular weight is 347 g/mol. The van der Waals surface area contributed by atoms with Crippen LogP contribution in [0.1, 0.15) is 51.4 Å². The van der Waals surface area contributed by atoms with Crippen LogP contribution in [0.3, 0.4) is 0 Å². The van der Waals surface area contributed by atoms with Gasteiger partial charge in [0.1, 0.15) is 12.3 Å². The first kappa shape index (κ1) is 19.0. The predicted molar refractivity (Wildman–Crippen MR) is 93.9 cm³/mol. The van der Waals surface area contributed by atoms with Crippen molar-refractivity contribution in [2.45, 2.75) is 46.6 Å². The molecule has 6 heteroatoms. The van der Waals surface area contributed by atoms with Crippen LogP contribution >= 0.6 is 0 Å². The molecule has 0 bridgehead atoms. The fourth-order valence-corrected chi connectivity index (χ4v) is 2.54. The fourth-order valence-electron chi connectivity index (χ4n) is 2.54. The number of ketones is 1. The number of carbonyl (C=O) groups is 3. The zero-order valence-electron chi connectivity index (χ0n) is 15.4. The summed E-state index contributed by atoms with van der Waals surface area (Å²) in [6.45, 7) is 9.03. The topological polar surface area (TPSA) is 72.9 Å². The normalized spacial score (nSPS) is 15.6. The number of fused-ring (bicyclic) bond motifs is 1. The van der Waals surface area contributed by atoms with Crippen molar-refractivity contribution in [3.05, 3.63) is 23.8 Å². The minimum absolute atomic E-state index is 0.0394. The Balaban J connectivity index is 2.35. The monoisotopic (exact) mass is 347 g/mol. The highest BCUT2D eigenvalue weighted by Gasteiger charge is 2.42. The van der Waals surface area contributed by atoms with Crippen molar-refractivity contribution < 1.29 is 23.9 Å². The Bertz CT molecular complexity index is 693. The number of hydrogen-bond acceptors (Lipinski definition) is 5. The van der Waals surface area contributed by atoms with Gasteiger partial charge in [-0.3, -0.25) is 19.3 Å². The SMILES string of the molecule is CCC(=O)c1ccc2c(c1)N(CC(=O)OCC(C)C)C(=O)C(C)(C)O2. The molecule has 136 valence electrons. The molecular formula is C19H25NO5. The number of rotatable bonds is 6. The van der Waals surface area contributed by atoms with Gasteiger partial charge in [-0.25, -0.2) is 0 Å². The lowest BCUT2D eigenvalue weighted by Gasteiger charge is -2.38. The average Bonchev–Trinajstić information content (AvgIpc) is 2.55. The molecule has 1 aromatic rings. The van der Waals surface area contributed by atoms with Gasteiger partial charge < -0.3 is 9.47 Å². The molecule has 0 atom stereocenters. The van der Waals surface area contributed by atoms with Crippen molar-refractivity contribution in [2.24, 2.45) is 5.92 Å². The van der Waals surface area contributed by atoms with Gasteiger partial charge >= 0.3 is 5.97 Å². The Kier molecular flexibility index (Phi) is 5.50. The van der Waals surface area contributed by atoms with E-state index in [-0.39, 0.29) is 24.2 Å². The molecule has 1 heterocycles. The van der Waals surface area contributed by atoms with Crippen molar-refractivity contribution in [3.8, 4) is 5.75 Å². The Labute approximate surface area is 148 Å². The molecule has 0 fully saturated rings. The summed E-state index contributed by atoms with van der Waals surface area (Å²) >= 11 is 0. The number of anilines is 1. The highest BCUT2D eigenvalue weighted by Crippen LogP contribution is 2.38. The van der Waals surface area contributed by atoms with E-state index in [0.717, 1.165) is 0 Å². The third-order valence-electron chi connectivity index (χ3n) is 3.88. The number of carbonyl (C=O) groups excluding carboxylic acids is 3. The number of esters is 1. The molecule has 0 N–H and O–H groups in total. The second-order valence-electron chi connectivity index (χ2n) is 7.04. The van der Waals surface area contributed by atoms with Crippen LogP contribution in [-0.2, 0) is 14.3 Å². The van der Waals surface area contributed by atoms with Gasteiger partial charge in [0.25, 0.3) is 5.91 Å². The summed E-state index contributed by atoms with van der Waals surface area (Å²) in [5, 5.41) is 0. The van der Waals surface area contributed by atoms with Crippen LogP contribution < -0.4 is 9.64 Å². The van der Waals surface area contributed by atoms with E-state index in [1.807, 2.05) is 13.8 Å². The van der Waals surface area contributed by atoms with Crippen LogP contribution in [0, 0.1) is 5.92 Å². The number of benzene rings is 1. The zero-order valence-corrected chi connectivity index (χ0v) is 15.4. The van der Waals surface area contributed by atoms with E-state index in [9.17, 15) is 14.4 Å². The largest absolute Gasteiger partial charge is 0.476 e. The lowest BCUT2D eigenvalue weighted by atomic mass is 10.0. The predicted octanol–water partition coefficient (Wildman–Crippen LogP) is 2.98. The summed E-state index contributed by atoms with van der Waals surface area (Å²) in [7, 11) is 0. The molecule has 6 nitrogen and oxygen atoms in total. The van der Waals surface area contributed by atoms with Crippen LogP contribution in [-0.4, -0.2) is 36.4 Å². The molecule has 0 aromatic heterocycles. The minimum atomic E-state index is -1.10. The van der Waals surface area contributed by atoms with E-state index >= 15 is 0 Å². The molecule has 1 aliphatic heterocycles. The van der Waals surface area contributed by atoms with Gasteiger partial charge in [-0.15, -0.1) is 0 Å². The maximum atomic E-state index is 12.7. The highest BCUT2D eigenvalue weighted by atomic mass is 16.5. The molecule has 0 saturated carbocycles. The van der Waals surface area contributed by atoms with E-state index in [1.54, 1.807) is 39.0 Å².